The summed E-state index contributed by atoms with van der Waals surface area (Å²) in [6.45, 7) is 5.15. The van der Waals surface area contributed by atoms with E-state index in [1.54, 1.807) is 24.3 Å². The number of nitrogens with one attached hydrogen (secondary N) is 1. The van der Waals surface area contributed by atoms with E-state index in [0.29, 0.717) is 41.2 Å². The molecule has 0 bridgehead atoms. The van der Waals surface area contributed by atoms with Gasteiger partial charge in [0.2, 0.25) is 11.2 Å². The minimum Gasteiger partial charge on any atom is -0.507 e. The third-order valence-corrected chi connectivity index (χ3v) is 5.34. The predicted molar refractivity (Wildman–Crippen MR) is 110 cm³/mol. The summed E-state index contributed by atoms with van der Waals surface area (Å²) in [4.78, 5) is 14.4. The van der Waals surface area contributed by atoms with Crippen LogP contribution < -0.4 is 19.8 Å². The van der Waals surface area contributed by atoms with Crippen LogP contribution >= 0.6 is 0 Å². The van der Waals surface area contributed by atoms with E-state index in [0.717, 1.165) is 13.1 Å². The average molecular weight is 396 g/mol. The fraction of sp³-hybridized carbons (Fsp3) is 0.348. The number of rotatable bonds is 6. The van der Waals surface area contributed by atoms with Crippen LogP contribution in [-0.2, 0) is 6.54 Å². The van der Waals surface area contributed by atoms with Gasteiger partial charge in [0.15, 0.2) is 17.1 Å². The molecule has 0 unspecified atom stereocenters. The van der Waals surface area contributed by atoms with E-state index in [9.17, 15) is 9.90 Å². The zero-order valence-corrected chi connectivity index (χ0v) is 16.6. The number of benzene rings is 2. The second-order valence-electron chi connectivity index (χ2n) is 7.34. The Morgan fingerprint density at radius 1 is 1.03 bits per heavy atom. The summed E-state index contributed by atoms with van der Waals surface area (Å²) in [7, 11) is 0. The van der Waals surface area contributed by atoms with Crippen molar-refractivity contribution in [2.24, 2.45) is 0 Å². The van der Waals surface area contributed by atoms with Crippen LogP contribution in [0.5, 0.6) is 23.0 Å². The molecular formula is C23H26NO5+. The molecule has 0 atom stereocenters. The van der Waals surface area contributed by atoms with Gasteiger partial charge in [-0.3, -0.25) is 4.79 Å². The van der Waals surface area contributed by atoms with Crippen LogP contribution in [-0.4, -0.2) is 24.8 Å². The van der Waals surface area contributed by atoms with Crippen LogP contribution in [0.4, 0.5) is 0 Å². The van der Waals surface area contributed by atoms with E-state index < -0.39 is 0 Å². The molecular weight excluding hydrogens is 370 g/mol. The van der Waals surface area contributed by atoms with E-state index in [1.807, 2.05) is 19.1 Å². The molecule has 6 nitrogen and oxygen atoms in total. The summed E-state index contributed by atoms with van der Waals surface area (Å²) >= 11 is 0. The van der Waals surface area contributed by atoms with Crippen LogP contribution in [0, 0.1) is 0 Å². The molecule has 0 radical (unpaired) electrons. The van der Waals surface area contributed by atoms with E-state index in [4.69, 9.17) is 13.9 Å². The molecule has 1 saturated heterocycles. The van der Waals surface area contributed by atoms with Crippen molar-refractivity contribution in [2.75, 3.05) is 19.7 Å². The number of piperidine rings is 1. The van der Waals surface area contributed by atoms with Crippen molar-refractivity contribution < 1.29 is 23.9 Å². The second-order valence-corrected chi connectivity index (χ2v) is 7.34. The van der Waals surface area contributed by atoms with Gasteiger partial charge < -0.3 is 23.9 Å². The maximum Gasteiger partial charge on any atom is 0.235 e. The zero-order valence-electron chi connectivity index (χ0n) is 16.6. The first-order valence-corrected chi connectivity index (χ1v) is 10.2. The molecule has 152 valence electrons. The normalized spacial score (nSPS) is 14.8. The number of likely N-dealkylation sites (tertiary alicyclic amines) is 1. The summed E-state index contributed by atoms with van der Waals surface area (Å²) in [5.41, 5.74) is 0.837. The lowest BCUT2D eigenvalue weighted by molar-refractivity contribution is -0.918. The van der Waals surface area contributed by atoms with Crippen molar-refractivity contribution >= 4 is 11.0 Å². The molecule has 2 N–H and O–H groups in total. The minimum atomic E-state index is -0.271. The molecule has 0 aliphatic carbocycles. The average Bonchev–Trinajstić information content (AvgIpc) is 2.74. The monoisotopic (exact) mass is 396 g/mol. The fourth-order valence-corrected chi connectivity index (χ4v) is 3.88. The summed E-state index contributed by atoms with van der Waals surface area (Å²) < 4.78 is 17.2. The van der Waals surface area contributed by atoms with Gasteiger partial charge in [0.1, 0.15) is 18.6 Å². The lowest BCUT2D eigenvalue weighted by Crippen LogP contribution is -3.11. The van der Waals surface area contributed by atoms with Gasteiger partial charge in [-0.2, -0.15) is 0 Å². The first-order valence-electron chi connectivity index (χ1n) is 10.2. The molecule has 3 aromatic rings. The highest BCUT2D eigenvalue weighted by Gasteiger charge is 2.21. The van der Waals surface area contributed by atoms with Gasteiger partial charge in [-0.05, 0) is 50.5 Å². The molecule has 0 saturated carbocycles. The summed E-state index contributed by atoms with van der Waals surface area (Å²) in [5.74, 6) is 1.27. The molecule has 1 aliphatic heterocycles. The standard InChI is InChI=1S/C23H25NO5/c1-2-27-19-8-4-5-9-20(19)29-21-15-28-23-16(22(21)26)10-11-18(25)17(23)14-24-12-6-3-7-13-24/h4-5,8-11,15,25H,2-3,6-7,12-14H2,1H3/p+1. The summed E-state index contributed by atoms with van der Waals surface area (Å²) in [6, 6.07) is 10.4. The first kappa shape index (κ1) is 19.3. The topological polar surface area (TPSA) is 73.3 Å². The summed E-state index contributed by atoms with van der Waals surface area (Å²) in [5, 5.41) is 10.8. The lowest BCUT2D eigenvalue weighted by atomic mass is 10.1. The Morgan fingerprint density at radius 2 is 1.79 bits per heavy atom. The Bertz CT molecular complexity index is 1050. The Hall–Kier alpha value is -2.99. The third-order valence-electron chi connectivity index (χ3n) is 5.34. The van der Waals surface area contributed by atoms with Crippen molar-refractivity contribution in [3.05, 3.63) is 58.4 Å². The van der Waals surface area contributed by atoms with Crippen LogP contribution in [0.3, 0.4) is 0 Å². The smallest absolute Gasteiger partial charge is 0.235 e. The van der Waals surface area contributed by atoms with Crippen LogP contribution in [0.2, 0.25) is 0 Å². The maximum absolute atomic E-state index is 13.0. The number of ether oxygens (including phenoxy) is 2. The quantitative estimate of drug-likeness (QED) is 0.669. The van der Waals surface area contributed by atoms with Gasteiger partial charge in [-0.25, -0.2) is 0 Å². The number of quaternary nitrogens is 1. The molecule has 1 aromatic heterocycles. The molecule has 29 heavy (non-hydrogen) atoms. The Balaban J connectivity index is 1.69. The highest BCUT2D eigenvalue weighted by Crippen LogP contribution is 2.32. The number of aromatic hydroxyl groups is 1. The maximum atomic E-state index is 13.0. The molecule has 2 aromatic carbocycles. The second kappa shape index (κ2) is 8.57. The highest BCUT2D eigenvalue weighted by atomic mass is 16.5. The van der Waals surface area contributed by atoms with E-state index >= 15 is 0 Å². The largest absolute Gasteiger partial charge is 0.507 e. The third kappa shape index (κ3) is 4.07. The van der Waals surface area contributed by atoms with Crippen LogP contribution in [0.1, 0.15) is 31.7 Å². The zero-order chi connectivity index (χ0) is 20.2. The van der Waals surface area contributed by atoms with E-state index in [1.165, 1.54) is 30.4 Å². The Morgan fingerprint density at radius 3 is 2.55 bits per heavy atom. The summed E-state index contributed by atoms with van der Waals surface area (Å²) in [6.07, 6.45) is 4.94. The number of fused-ring (bicyclic) bond motifs is 1. The number of hydrogen-bond acceptors (Lipinski definition) is 5. The number of phenols is 1. The molecule has 0 amide bonds. The molecule has 2 heterocycles. The Kier molecular flexibility index (Phi) is 5.71. The van der Waals surface area contributed by atoms with Crippen molar-refractivity contribution in [1.82, 2.24) is 0 Å². The van der Waals surface area contributed by atoms with Crippen LogP contribution in [0.15, 0.2) is 51.9 Å². The van der Waals surface area contributed by atoms with E-state index in [-0.39, 0.29) is 16.9 Å². The molecule has 0 spiro atoms. The minimum absolute atomic E-state index is 0.0895. The lowest BCUT2D eigenvalue weighted by Gasteiger charge is -2.24. The van der Waals surface area contributed by atoms with Crippen LogP contribution in [0.25, 0.3) is 11.0 Å². The van der Waals surface area contributed by atoms with Gasteiger partial charge in [-0.1, -0.05) is 12.1 Å². The SMILES string of the molecule is CCOc1ccccc1Oc1coc2c(C[NH+]3CCCCC3)c(O)ccc2c1=O. The number of para-hydroxylation sites is 2. The molecule has 1 aliphatic rings. The number of hydrogen-bond donors (Lipinski definition) is 2. The van der Waals surface area contributed by atoms with Gasteiger partial charge in [-0.15, -0.1) is 0 Å². The molecule has 1 fully saturated rings. The predicted octanol–water partition coefficient (Wildman–Crippen LogP) is 3.26. The van der Waals surface area contributed by atoms with Crippen molar-refractivity contribution in [2.45, 2.75) is 32.7 Å². The van der Waals surface area contributed by atoms with Gasteiger partial charge >= 0.3 is 0 Å². The number of phenolic OH excluding ortho intramolecular Hbond substituents is 1. The highest BCUT2D eigenvalue weighted by molar-refractivity contribution is 5.82. The van der Waals surface area contributed by atoms with Crippen molar-refractivity contribution in [3.8, 4) is 23.0 Å². The van der Waals surface area contributed by atoms with Gasteiger partial charge in [0.05, 0.1) is 30.6 Å². The Labute approximate surface area is 169 Å². The van der Waals surface area contributed by atoms with E-state index in [2.05, 4.69) is 0 Å². The van der Waals surface area contributed by atoms with Crippen molar-refractivity contribution in [3.63, 3.8) is 0 Å². The molecule has 4 rings (SSSR count). The first-order chi connectivity index (χ1) is 14.2. The van der Waals surface area contributed by atoms with Gasteiger partial charge in [0, 0.05) is 0 Å². The van der Waals surface area contributed by atoms with Crippen molar-refractivity contribution in [1.29, 1.82) is 0 Å². The molecule has 6 heteroatoms. The van der Waals surface area contributed by atoms with Gasteiger partial charge in [0.25, 0.3) is 0 Å². The fourth-order valence-electron chi connectivity index (χ4n) is 3.88.